The molecule has 8 nitrogen and oxygen atoms in total. The maximum Gasteiger partial charge on any atom is 2.00 e. The second-order valence-electron chi connectivity index (χ2n) is 4.68. The molecular formula is C16H22CdN4O4. The summed E-state index contributed by atoms with van der Waals surface area (Å²) in [5, 5.41) is 25.7. The van der Waals surface area contributed by atoms with E-state index in [1.807, 2.05) is 39.2 Å². The molecule has 0 aliphatic rings. The Balaban J connectivity index is -0.000000369. The molecule has 0 fully saturated rings. The number of carbonyl (C=O) groups is 2. The molecule has 0 atom stereocenters. The number of pyridine rings is 1. The molecule has 1 heterocycles. The molecule has 1 rings (SSSR count). The molecule has 0 unspecified atom stereocenters. The number of nitrogens with zero attached hydrogens (tertiary/aromatic N) is 4. The van der Waals surface area contributed by atoms with Crippen LogP contribution in [0.2, 0.25) is 0 Å². The van der Waals surface area contributed by atoms with Gasteiger partial charge in [-0.15, -0.1) is 0 Å². The summed E-state index contributed by atoms with van der Waals surface area (Å²) < 4.78 is 0. The van der Waals surface area contributed by atoms with E-state index in [1.165, 1.54) is 6.07 Å². The second kappa shape index (κ2) is 18.5. The molecule has 0 aromatic carbocycles. The van der Waals surface area contributed by atoms with Gasteiger partial charge in [0.2, 0.25) is 0 Å². The van der Waals surface area contributed by atoms with Crippen LogP contribution in [0, 0.1) is 11.3 Å². The molecule has 9 heteroatoms. The van der Waals surface area contributed by atoms with Crippen molar-refractivity contribution >= 4 is 17.7 Å². The van der Waals surface area contributed by atoms with Crippen molar-refractivity contribution in [2.24, 2.45) is 4.99 Å². The molecule has 1 aromatic rings. The molecule has 0 bridgehead atoms. The average molecular weight is 447 g/mol. The summed E-state index contributed by atoms with van der Waals surface area (Å²) in [6.07, 6.45) is 1.28. The standard InChI is InChI=1S/C11H17N3.C3H3NO2.C2H4O2.Cd/c1-10(12-8-9-14(2)3)11-6-4-5-7-13-11;4-2-1-3(5)6;1-2(3)4;/h4-7H,8-9H2,1-3H3;1H2,(H,5,6);1H3,(H,3,4);/q;;;+2/p-2. The van der Waals surface area contributed by atoms with Crippen LogP contribution >= 0.6 is 0 Å². The summed E-state index contributed by atoms with van der Waals surface area (Å²) in [5.74, 6) is -2.41. The number of rotatable bonds is 5. The van der Waals surface area contributed by atoms with E-state index in [9.17, 15) is 9.90 Å². The molecule has 0 aliphatic carbocycles. The van der Waals surface area contributed by atoms with E-state index in [0.29, 0.717) is 0 Å². The van der Waals surface area contributed by atoms with Gasteiger partial charge in [-0.05, 0) is 40.1 Å². The summed E-state index contributed by atoms with van der Waals surface area (Å²) in [7, 11) is 4.09. The molecule has 1 aromatic heterocycles. The zero-order chi connectivity index (χ0) is 19.0. The summed E-state index contributed by atoms with van der Waals surface area (Å²) in [6.45, 7) is 4.78. The largest absolute Gasteiger partial charge is 2.00 e. The van der Waals surface area contributed by atoms with Crippen molar-refractivity contribution in [3.63, 3.8) is 0 Å². The Morgan fingerprint density at radius 1 is 1.28 bits per heavy atom. The quantitative estimate of drug-likeness (QED) is 0.412. The fraction of sp³-hybridized carbons (Fsp3) is 0.438. The monoisotopic (exact) mass is 448 g/mol. The van der Waals surface area contributed by atoms with Crippen LogP contribution in [0.4, 0.5) is 0 Å². The Morgan fingerprint density at radius 3 is 2.16 bits per heavy atom. The second-order valence-corrected chi connectivity index (χ2v) is 4.68. The maximum atomic E-state index is 9.27. The van der Waals surface area contributed by atoms with Crippen LogP contribution in [0.1, 0.15) is 26.0 Å². The van der Waals surface area contributed by atoms with Crippen LogP contribution in [0.25, 0.3) is 0 Å². The first-order valence-electron chi connectivity index (χ1n) is 7.02. The fourth-order valence-corrected chi connectivity index (χ4v) is 1.14. The molecule has 0 aliphatic heterocycles. The van der Waals surface area contributed by atoms with E-state index in [-0.39, 0.29) is 27.3 Å². The summed E-state index contributed by atoms with van der Waals surface area (Å²) in [5.41, 5.74) is 1.97. The number of aliphatic imine (C=N–C) groups is 1. The Morgan fingerprint density at radius 2 is 1.84 bits per heavy atom. The third-order valence-electron chi connectivity index (χ3n) is 2.16. The fourth-order valence-electron chi connectivity index (χ4n) is 1.14. The number of likely N-dealkylation sites (N-methyl/N-ethyl adjacent to an activating group) is 1. The first-order chi connectivity index (χ1) is 11.2. The number of hydrogen-bond acceptors (Lipinski definition) is 8. The van der Waals surface area contributed by atoms with Gasteiger partial charge in [0.1, 0.15) is 0 Å². The molecule has 0 spiro atoms. The number of carbonyl (C=O) groups excluding carboxylic acids is 2. The van der Waals surface area contributed by atoms with Gasteiger partial charge in [-0.1, -0.05) is 6.07 Å². The minimum Gasteiger partial charge on any atom is -0.550 e. The van der Waals surface area contributed by atoms with Crippen LogP contribution in [0.3, 0.4) is 0 Å². The van der Waals surface area contributed by atoms with Crippen molar-refractivity contribution in [1.29, 1.82) is 5.26 Å². The van der Waals surface area contributed by atoms with Crippen LogP contribution in [-0.2, 0) is 36.9 Å². The van der Waals surface area contributed by atoms with Crippen LogP contribution in [0.15, 0.2) is 29.4 Å². The summed E-state index contributed by atoms with van der Waals surface area (Å²) in [6, 6.07) is 7.28. The normalized spacial score (nSPS) is 9.36. The number of nitriles is 1. The van der Waals surface area contributed by atoms with Gasteiger partial charge in [-0.2, -0.15) is 5.26 Å². The molecular weight excluding hydrogens is 425 g/mol. The van der Waals surface area contributed by atoms with Crippen LogP contribution in [0.5, 0.6) is 0 Å². The average Bonchev–Trinajstić information content (AvgIpc) is 2.47. The van der Waals surface area contributed by atoms with Gasteiger partial charge in [0.05, 0.1) is 36.4 Å². The van der Waals surface area contributed by atoms with Crippen molar-refractivity contribution in [2.75, 3.05) is 27.2 Å². The van der Waals surface area contributed by atoms with E-state index in [1.54, 1.807) is 6.20 Å². The van der Waals surface area contributed by atoms with Crippen molar-refractivity contribution in [1.82, 2.24) is 9.88 Å². The van der Waals surface area contributed by atoms with Gasteiger partial charge < -0.3 is 24.7 Å². The Hall–Kier alpha value is -1.87. The van der Waals surface area contributed by atoms with Gasteiger partial charge >= 0.3 is 27.3 Å². The number of carboxylic acids is 2. The number of carboxylic acid groups (broad SMARTS) is 2. The van der Waals surface area contributed by atoms with E-state index in [2.05, 4.69) is 14.9 Å². The number of aliphatic carboxylic acids is 2. The molecule has 0 saturated heterocycles. The molecule has 0 radical (unpaired) electrons. The first-order valence-corrected chi connectivity index (χ1v) is 7.02. The number of hydrogen-bond donors (Lipinski definition) is 0. The van der Waals surface area contributed by atoms with Gasteiger partial charge in [-0.25, -0.2) is 0 Å². The van der Waals surface area contributed by atoms with Crippen molar-refractivity contribution < 1.29 is 47.1 Å². The summed E-state index contributed by atoms with van der Waals surface area (Å²) in [4.78, 5) is 29.0. The Labute approximate surface area is 168 Å². The van der Waals surface area contributed by atoms with Gasteiger partial charge in [0.25, 0.3) is 0 Å². The minimum absolute atomic E-state index is 0. The Bertz CT molecular complexity index is 553. The predicted molar refractivity (Wildman–Crippen MR) is 85.8 cm³/mol. The molecule has 25 heavy (non-hydrogen) atoms. The van der Waals surface area contributed by atoms with E-state index >= 15 is 0 Å². The zero-order valence-corrected chi connectivity index (χ0v) is 19.1. The van der Waals surface area contributed by atoms with Crippen LogP contribution < -0.4 is 10.2 Å². The SMILES string of the molecule is CC(=NCCN(C)C)c1ccccn1.CC(=O)[O-].N#CCC(=O)[O-].[Cd+2]. The molecule has 132 valence electrons. The summed E-state index contributed by atoms with van der Waals surface area (Å²) >= 11 is 0. The smallest absolute Gasteiger partial charge is 0.550 e. The van der Waals surface area contributed by atoms with Gasteiger partial charge in [-0.3, -0.25) is 9.98 Å². The van der Waals surface area contributed by atoms with E-state index in [0.717, 1.165) is 31.4 Å². The molecule has 0 amide bonds. The zero-order valence-electron chi connectivity index (χ0n) is 15.1. The minimum atomic E-state index is -1.32. The van der Waals surface area contributed by atoms with E-state index in [4.69, 9.17) is 15.2 Å². The van der Waals surface area contributed by atoms with Crippen molar-refractivity contribution in [3.05, 3.63) is 30.1 Å². The third kappa shape index (κ3) is 24.5. The third-order valence-corrected chi connectivity index (χ3v) is 2.16. The van der Waals surface area contributed by atoms with Gasteiger partial charge in [0, 0.05) is 18.7 Å². The van der Waals surface area contributed by atoms with E-state index < -0.39 is 18.4 Å². The van der Waals surface area contributed by atoms with Crippen LogP contribution in [-0.4, -0.2) is 54.7 Å². The Kier molecular flexibility index (Phi) is 20.7. The predicted octanol–water partition coefficient (Wildman–Crippen LogP) is -1.14. The van der Waals surface area contributed by atoms with Crippen molar-refractivity contribution in [3.8, 4) is 6.07 Å². The number of aromatic nitrogens is 1. The van der Waals surface area contributed by atoms with Crippen molar-refractivity contribution in [2.45, 2.75) is 20.3 Å². The maximum absolute atomic E-state index is 9.27. The topological polar surface area (TPSA) is 133 Å². The first kappa shape index (κ1) is 28.0. The molecule has 0 saturated carbocycles. The van der Waals surface area contributed by atoms with Gasteiger partial charge in [0.15, 0.2) is 0 Å². The molecule has 0 N–H and O–H groups in total.